The predicted molar refractivity (Wildman–Crippen MR) is 91.8 cm³/mol. The third-order valence-corrected chi connectivity index (χ3v) is 5.47. The number of carbonyl (C=O) groups excluding carboxylic acids is 1. The maximum Gasteiger partial charge on any atom is 0.269 e. The van der Waals surface area contributed by atoms with Gasteiger partial charge in [0.25, 0.3) is 5.91 Å². The molecule has 0 unspecified atom stereocenters. The quantitative estimate of drug-likeness (QED) is 0.772. The molecule has 2 aromatic heterocycles. The number of anilines is 1. The van der Waals surface area contributed by atoms with Gasteiger partial charge in [-0.15, -0.1) is 22.7 Å². The van der Waals surface area contributed by atoms with Crippen LogP contribution >= 0.6 is 22.7 Å². The number of nitrogens with zero attached hydrogens (tertiary/aromatic N) is 2. The predicted octanol–water partition coefficient (Wildman–Crippen LogP) is 4.44. The van der Waals surface area contributed by atoms with E-state index in [1.54, 1.807) is 0 Å². The summed E-state index contributed by atoms with van der Waals surface area (Å²) in [4.78, 5) is 23.0. The topological polar surface area (TPSA) is 54.9 Å². The monoisotopic (exact) mass is 329 g/mol. The van der Waals surface area contributed by atoms with Crippen LogP contribution in [0.5, 0.6) is 0 Å². The summed E-state index contributed by atoms with van der Waals surface area (Å²) in [7, 11) is 0. The lowest BCUT2D eigenvalue weighted by Gasteiger charge is -1.98. The number of amides is 1. The summed E-state index contributed by atoms with van der Waals surface area (Å²) >= 11 is 2.89. The first-order valence-electron chi connectivity index (χ1n) is 6.83. The molecule has 0 spiro atoms. The summed E-state index contributed by atoms with van der Waals surface area (Å²) < 4.78 is 0. The normalized spacial score (nSPS) is 10.7. The zero-order valence-electron chi connectivity index (χ0n) is 12.5. The Labute approximate surface area is 136 Å². The van der Waals surface area contributed by atoms with Gasteiger partial charge < -0.3 is 0 Å². The lowest BCUT2D eigenvalue weighted by Crippen LogP contribution is -2.11. The standard InChI is InChI=1S/C16H15N3OS2/c1-9-11(3)21-16(18-9)19-14(20)13-10(2)17-15(22-13)12-7-5-4-6-8-12/h4-8H,1-3H3,(H,18,19,20). The lowest BCUT2D eigenvalue weighted by molar-refractivity contribution is 0.103. The fraction of sp³-hybridized carbons (Fsp3) is 0.188. The van der Waals surface area contributed by atoms with Crippen LogP contribution in [0.2, 0.25) is 0 Å². The molecule has 0 atom stereocenters. The maximum atomic E-state index is 12.4. The highest BCUT2D eigenvalue weighted by molar-refractivity contribution is 7.18. The van der Waals surface area contributed by atoms with Gasteiger partial charge in [0.05, 0.1) is 11.4 Å². The van der Waals surface area contributed by atoms with Crippen molar-refractivity contribution in [2.45, 2.75) is 20.8 Å². The van der Waals surface area contributed by atoms with E-state index in [1.165, 1.54) is 22.7 Å². The smallest absolute Gasteiger partial charge is 0.269 e. The minimum Gasteiger partial charge on any atom is -0.297 e. The Morgan fingerprint density at radius 2 is 1.73 bits per heavy atom. The molecule has 6 heteroatoms. The van der Waals surface area contributed by atoms with Gasteiger partial charge in [-0.05, 0) is 20.8 Å². The third-order valence-electron chi connectivity index (χ3n) is 3.27. The Hall–Kier alpha value is -2.05. The summed E-state index contributed by atoms with van der Waals surface area (Å²) in [6, 6.07) is 9.88. The van der Waals surface area contributed by atoms with Crippen LogP contribution < -0.4 is 5.32 Å². The molecule has 0 saturated heterocycles. The molecule has 112 valence electrons. The molecule has 0 radical (unpaired) electrons. The Balaban J connectivity index is 1.85. The first-order valence-corrected chi connectivity index (χ1v) is 8.46. The van der Waals surface area contributed by atoms with Crippen LogP contribution in [0.25, 0.3) is 10.6 Å². The minimum atomic E-state index is -0.147. The second kappa shape index (κ2) is 5.98. The number of rotatable bonds is 3. The van der Waals surface area contributed by atoms with Crippen LogP contribution in [-0.4, -0.2) is 15.9 Å². The molecule has 4 nitrogen and oxygen atoms in total. The molecule has 2 heterocycles. The zero-order valence-corrected chi connectivity index (χ0v) is 14.1. The maximum absolute atomic E-state index is 12.4. The average Bonchev–Trinajstić information content (AvgIpc) is 3.03. The van der Waals surface area contributed by atoms with Crippen LogP contribution in [0.4, 0.5) is 5.13 Å². The number of hydrogen-bond acceptors (Lipinski definition) is 5. The summed E-state index contributed by atoms with van der Waals surface area (Å²) in [6.45, 7) is 5.79. The third kappa shape index (κ3) is 2.93. The lowest BCUT2D eigenvalue weighted by atomic mass is 10.2. The largest absolute Gasteiger partial charge is 0.297 e. The van der Waals surface area contributed by atoms with Gasteiger partial charge in [-0.3, -0.25) is 10.1 Å². The first-order chi connectivity index (χ1) is 10.5. The van der Waals surface area contributed by atoms with E-state index in [2.05, 4.69) is 15.3 Å². The molecular formula is C16H15N3OS2. The summed E-state index contributed by atoms with van der Waals surface area (Å²) in [5.41, 5.74) is 2.72. The summed E-state index contributed by atoms with van der Waals surface area (Å²) in [6.07, 6.45) is 0. The molecule has 0 saturated carbocycles. The number of thiazole rings is 2. The number of nitrogens with one attached hydrogen (secondary N) is 1. The van der Waals surface area contributed by atoms with Gasteiger partial charge >= 0.3 is 0 Å². The SMILES string of the molecule is Cc1nc(NC(=O)c2sc(-c3ccccc3)nc2C)sc1C. The van der Waals surface area contributed by atoms with Gasteiger partial charge in [0.1, 0.15) is 9.88 Å². The molecule has 22 heavy (non-hydrogen) atoms. The van der Waals surface area contributed by atoms with Crippen LogP contribution in [0, 0.1) is 20.8 Å². The molecule has 1 aromatic carbocycles. The van der Waals surface area contributed by atoms with Gasteiger partial charge in [-0.25, -0.2) is 9.97 Å². The molecular weight excluding hydrogens is 314 g/mol. The molecule has 0 aliphatic carbocycles. The molecule has 1 amide bonds. The number of benzene rings is 1. The number of hydrogen-bond donors (Lipinski definition) is 1. The highest BCUT2D eigenvalue weighted by Crippen LogP contribution is 2.29. The zero-order chi connectivity index (χ0) is 15.7. The van der Waals surface area contributed by atoms with Crippen molar-refractivity contribution in [2.75, 3.05) is 5.32 Å². The fourth-order valence-electron chi connectivity index (χ4n) is 1.99. The van der Waals surface area contributed by atoms with Gasteiger partial charge in [0.2, 0.25) is 0 Å². The Morgan fingerprint density at radius 1 is 1.00 bits per heavy atom. The van der Waals surface area contributed by atoms with Gasteiger partial charge in [-0.1, -0.05) is 30.3 Å². The van der Waals surface area contributed by atoms with Crippen LogP contribution in [0.1, 0.15) is 25.9 Å². The van der Waals surface area contributed by atoms with E-state index in [9.17, 15) is 4.79 Å². The van der Waals surface area contributed by atoms with Crippen molar-refractivity contribution in [3.8, 4) is 10.6 Å². The van der Waals surface area contributed by atoms with E-state index >= 15 is 0 Å². The summed E-state index contributed by atoms with van der Waals surface area (Å²) in [5.74, 6) is -0.147. The van der Waals surface area contributed by atoms with Gasteiger partial charge in [0, 0.05) is 10.4 Å². The molecule has 3 rings (SSSR count). The van der Waals surface area contributed by atoms with E-state index in [4.69, 9.17) is 0 Å². The number of aryl methyl sites for hydroxylation is 3. The highest BCUT2D eigenvalue weighted by Gasteiger charge is 2.17. The van der Waals surface area contributed by atoms with Crippen LogP contribution in [0.3, 0.4) is 0 Å². The van der Waals surface area contributed by atoms with E-state index in [0.29, 0.717) is 10.0 Å². The first kappa shape index (κ1) is 14.9. The van der Waals surface area contributed by atoms with E-state index < -0.39 is 0 Å². The number of carbonyl (C=O) groups is 1. The van der Waals surface area contributed by atoms with Crippen molar-refractivity contribution in [2.24, 2.45) is 0 Å². The molecule has 0 aliphatic rings. The second-order valence-corrected chi connectivity index (χ2v) is 7.12. The second-order valence-electron chi connectivity index (χ2n) is 4.91. The van der Waals surface area contributed by atoms with E-state index in [-0.39, 0.29) is 5.91 Å². The van der Waals surface area contributed by atoms with Crippen molar-refractivity contribution < 1.29 is 4.79 Å². The molecule has 0 aliphatic heterocycles. The number of aromatic nitrogens is 2. The summed E-state index contributed by atoms with van der Waals surface area (Å²) in [5, 5.41) is 4.35. The minimum absolute atomic E-state index is 0.147. The van der Waals surface area contributed by atoms with Crippen molar-refractivity contribution in [1.82, 2.24) is 9.97 Å². The van der Waals surface area contributed by atoms with Crippen molar-refractivity contribution in [3.05, 3.63) is 51.5 Å². The Kier molecular flexibility index (Phi) is 4.04. The van der Waals surface area contributed by atoms with Gasteiger partial charge in [0.15, 0.2) is 5.13 Å². The van der Waals surface area contributed by atoms with Crippen molar-refractivity contribution in [3.63, 3.8) is 0 Å². The fourth-order valence-corrected chi connectivity index (χ4v) is 3.77. The van der Waals surface area contributed by atoms with Gasteiger partial charge in [-0.2, -0.15) is 0 Å². The molecule has 0 bridgehead atoms. The van der Waals surface area contributed by atoms with E-state index in [0.717, 1.165) is 26.8 Å². The molecule has 0 fully saturated rings. The molecule has 3 aromatic rings. The average molecular weight is 329 g/mol. The Bertz CT molecular complexity index is 802. The van der Waals surface area contributed by atoms with Crippen molar-refractivity contribution in [1.29, 1.82) is 0 Å². The Morgan fingerprint density at radius 3 is 2.36 bits per heavy atom. The highest BCUT2D eigenvalue weighted by atomic mass is 32.1. The van der Waals surface area contributed by atoms with Crippen LogP contribution in [-0.2, 0) is 0 Å². The van der Waals surface area contributed by atoms with Crippen LogP contribution in [0.15, 0.2) is 30.3 Å². The van der Waals surface area contributed by atoms with Crippen molar-refractivity contribution >= 4 is 33.7 Å². The van der Waals surface area contributed by atoms with E-state index in [1.807, 2.05) is 51.1 Å². The molecule has 1 N–H and O–H groups in total.